The molecule has 1 heterocycles. The summed E-state index contributed by atoms with van der Waals surface area (Å²) in [4.78, 5) is 1.25. The van der Waals surface area contributed by atoms with Gasteiger partial charge in [0.25, 0.3) is 0 Å². The van der Waals surface area contributed by atoms with E-state index in [9.17, 15) is 0 Å². The Morgan fingerprint density at radius 3 is 2.50 bits per heavy atom. The Hall–Kier alpha value is -0.640. The lowest BCUT2D eigenvalue weighted by Gasteiger charge is -2.16. The molecule has 84 valence electrons. The van der Waals surface area contributed by atoms with Crippen LogP contribution in [-0.2, 0) is 5.54 Å². The zero-order valence-corrected chi connectivity index (χ0v) is 11.7. The van der Waals surface area contributed by atoms with Crippen molar-refractivity contribution in [1.29, 1.82) is 0 Å². The number of hydrogen-bond acceptors (Lipinski definition) is 2. The molecule has 1 aromatic heterocycles. The molecule has 1 aromatic carbocycles. The minimum absolute atomic E-state index is 0.268. The van der Waals surface area contributed by atoms with Crippen LogP contribution in [0, 0.1) is 0 Å². The molecule has 2 aromatic rings. The maximum atomic E-state index is 6.08. The van der Waals surface area contributed by atoms with Gasteiger partial charge in [-0.25, -0.2) is 0 Å². The zero-order valence-electron chi connectivity index (χ0n) is 9.33. The van der Waals surface area contributed by atoms with Crippen molar-refractivity contribution < 1.29 is 0 Å². The van der Waals surface area contributed by atoms with Crippen LogP contribution in [0.3, 0.4) is 0 Å². The predicted octanol–water partition coefficient (Wildman–Crippen LogP) is 4.37. The number of nitrogens with two attached hydrogens (primary N) is 1. The Balaban J connectivity index is 2.44. The number of thiophene rings is 1. The Bertz CT molecular complexity index is 497. The molecule has 0 unspecified atom stereocenters. The third kappa shape index (κ3) is 2.37. The van der Waals surface area contributed by atoms with Gasteiger partial charge >= 0.3 is 0 Å². The van der Waals surface area contributed by atoms with E-state index in [2.05, 4.69) is 39.5 Å². The Kier molecular flexibility index (Phi) is 3.19. The number of halogens is 1. The van der Waals surface area contributed by atoms with Crippen molar-refractivity contribution in [1.82, 2.24) is 0 Å². The molecule has 0 spiro atoms. The van der Waals surface area contributed by atoms with Crippen LogP contribution in [-0.4, -0.2) is 0 Å². The van der Waals surface area contributed by atoms with Gasteiger partial charge in [-0.3, -0.25) is 0 Å². The minimum Gasteiger partial charge on any atom is -0.322 e. The molecule has 0 fully saturated rings. The quantitative estimate of drug-likeness (QED) is 0.875. The van der Waals surface area contributed by atoms with Gasteiger partial charge in [0, 0.05) is 20.5 Å². The maximum Gasteiger partial charge on any atom is 0.0360 e. The van der Waals surface area contributed by atoms with Gasteiger partial charge in [-0.1, -0.05) is 34.1 Å². The van der Waals surface area contributed by atoms with Crippen LogP contribution in [0.5, 0.6) is 0 Å². The van der Waals surface area contributed by atoms with Crippen molar-refractivity contribution in [2.75, 3.05) is 0 Å². The van der Waals surface area contributed by atoms with Crippen molar-refractivity contribution in [3.8, 4) is 10.4 Å². The van der Waals surface area contributed by atoms with Gasteiger partial charge in [-0.15, -0.1) is 11.3 Å². The topological polar surface area (TPSA) is 26.0 Å². The summed E-state index contributed by atoms with van der Waals surface area (Å²) in [6.07, 6.45) is 0. The molecule has 0 aliphatic heterocycles. The maximum absolute atomic E-state index is 6.08. The van der Waals surface area contributed by atoms with Crippen LogP contribution >= 0.6 is 27.3 Å². The highest BCUT2D eigenvalue weighted by molar-refractivity contribution is 9.10. The van der Waals surface area contributed by atoms with Gasteiger partial charge in [0.15, 0.2) is 0 Å². The molecule has 0 saturated carbocycles. The van der Waals surface area contributed by atoms with E-state index in [1.165, 1.54) is 16.0 Å². The smallest absolute Gasteiger partial charge is 0.0360 e. The SMILES string of the molecule is CC(C)(N)c1csc(-c2ccccc2Br)c1. The summed E-state index contributed by atoms with van der Waals surface area (Å²) in [5.74, 6) is 0. The van der Waals surface area contributed by atoms with Crippen LogP contribution in [0.25, 0.3) is 10.4 Å². The molecule has 0 atom stereocenters. The Morgan fingerprint density at radius 2 is 1.94 bits per heavy atom. The van der Waals surface area contributed by atoms with E-state index in [0.717, 1.165) is 4.47 Å². The summed E-state index contributed by atoms with van der Waals surface area (Å²) in [6.45, 7) is 4.05. The van der Waals surface area contributed by atoms with Gasteiger partial charge in [0.05, 0.1) is 0 Å². The molecular formula is C13H14BrNS. The first-order valence-corrected chi connectivity index (χ1v) is 6.78. The summed E-state index contributed by atoms with van der Waals surface area (Å²) in [7, 11) is 0. The molecule has 0 amide bonds. The monoisotopic (exact) mass is 295 g/mol. The van der Waals surface area contributed by atoms with Gasteiger partial charge in [-0.05, 0) is 36.9 Å². The van der Waals surface area contributed by atoms with Crippen molar-refractivity contribution in [2.45, 2.75) is 19.4 Å². The number of rotatable bonds is 2. The fourth-order valence-electron chi connectivity index (χ4n) is 1.48. The third-order valence-corrected chi connectivity index (χ3v) is 4.14. The molecule has 0 radical (unpaired) electrons. The van der Waals surface area contributed by atoms with E-state index < -0.39 is 0 Å². The largest absolute Gasteiger partial charge is 0.322 e. The van der Waals surface area contributed by atoms with E-state index in [-0.39, 0.29) is 5.54 Å². The van der Waals surface area contributed by atoms with Crippen LogP contribution in [0.1, 0.15) is 19.4 Å². The van der Waals surface area contributed by atoms with Crippen LogP contribution < -0.4 is 5.73 Å². The van der Waals surface area contributed by atoms with Crippen LogP contribution in [0.15, 0.2) is 40.2 Å². The lowest BCUT2D eigenvalue weighted by Crippen LogP contribution is -2.27. The molecule has 2 rings (SSSR count). The van der Waals surface area contributed by atoms with E-state index in [1.807, 2.05) is 26.0 Å². The second-order valence-corrected chi connectivity index (χ2v) is 6.17. The van der Waals surface area contributed by atoms with Gasteiger partial charge < -0.3 is 5.73 Å². The number of benzene rings is 1. The Morgan fingerprint density at radius 1 is 1.25 bits per heavy atom. The third-order valence-electron chi connectivity index (χ3n) is 2.48. The summed E-state index contributed by atoms with van der Waals surface area (Å²) in [5.41, 5.74) is 8.22. The molecule has 0 bridgehead atoms. The van der Waals surface area contributed by atoms with Crippen LogP contribution in [0.2, 0.25) is 0 Å². The number of hydrogen-bond donors (Lipinski definition) is 1. The van der Waals surface area contributed by atoms with Gasteiger partial charge in [0.2, 0.25) is 0 Å². The highest BCUT2D eigenvalue weighted by Crippen LogP contribution is 2.35. The standard InChI is InChI=1S/C13H14BrNS/c1-13(2,15)9-7-12(16-8-9)10-5-3-4-6-11(10)14/h3-8H,15H2,1-2H3. The first-order chi connectivity index (χ1) is 7.48. The molecule has 3 heteroatoms. The van der Waals surface area contributed by atoms with E-state index in [0.29, 0.717) is 0 Å². The van der Waals surface area contributed by atoms with E-state index in [4.69, 9.17) is 5.73 Å². The van der Waals surface area contributed by atoms with Gasteiger partial charge in [-0.2, -0.15) is 0 Å². The summed E-state index contributed by atoms with van der Waals surface area (Å²) < 4.78 is 1.12. The van der Waals surface area contributed by atoms with Crippen molar-refractivity contribution >= 4 is 27.3 Å². The molecule has 1 nitrogen and oxygen atoms in total. The minimum atomic E-state index is -0.268. The van der Waals surface area contributed by atoms with Crippen molar-refractivity contribution in [2.24, 2.45) is 5.73 Å². The summed E-state index contributed by atoms with van der Waals surface area (Å²) in [5, 5.41) is 2.13. The first-order valence-electron chi connectivity index (χ1n) is 5.11. The molecule has 0 aliphatic rings. The molecule has 16 heavy (non-hydrogen) atoms. The van der Waals surface area contributed by atoms with Crippen molar-refractivity contribution in [3.63, 3.8) is 0 Å². The predicted molar refractivity (Wildman–Crippen MR) is 74.7 cm³/mol. The molecule has 2 N–H and O–H groups in total. The zero-order chi connectivity index (χ0) is 11.8. The van der Waals surface area contributed by atoms with E-state index in [1.54, 1.807) is 11.3 Å². The summed E-state index contributed by atoms with van der Waals surface area (Å²) >= 11 is 5.30. The fraction of sp³-hybridized carbons (Fsp3) is 0.231. The Labute approximate surface area is 108 Å². The molecule has 0 saturated heterocycles. The lowest BCUT2D eigenvalue weighted by atomic mass is 9.98. The highest BCUT2D eigenvalue weighted by atomic mass is 79.9. The first kappa shape index (κ1) is 11.8. The van der Waals surface area contributed by atoms with Crippen molar-refractivity contribution in [3.05, 3.63) is 45.7 Å². The average molecular weight is 296 g/mol. The van der Waals surface area contributed by atoms with E-state index >= 15 is 0 Å². The average Bonchev–Trinajstić information content (AvgIpc) is 2.66. The molecule has 0 aliphatic carbocycles. The fourth-order valence-corrected chi connectivity index (χ4v) is 3.23. The second-order valence-electron chi connectivity index (χ2n) is 4.40. The summed E-state index contributed by atoms with van der Waals surface area (Å²) in [6, 6.07) is 10.4. The molecular weight excluding hydrogens is 282 g/mol. The van der Waals surface area contributed by atoms with Crippen LogP contribution in [0.4, 0.5) is 0 Å². The van der Waals surface area contributed by atoms with Gasteiger partial charge in [0.1, 0.15) is 0 Å². The lowest BCUT2D eigenvalue weighted by molar-refractivity contribution is 0.557. The second kappa shape index (κ2) is 4.32. The highest BCUT2D eigenvalue weighted by Gasteiger charge is 2.16. The normalized spacial score (nSPS) is 11.8.